The zero-order valence-corrected chi connectivity index (χ0v) is 15.1. The number of benzene rings is 1. The second-order valence-electron chi connectivity index (χ2n) is 5.80. The Labute approximate surface area is 144 Å². The van der Waals surface area contributed by atoms with Crippen LogP contribution >= 0.6 is 11.3 Å². The molecule has 128 valence electrons. The van der Waals surface area contributed by atoms with E-state index in [0.29, 0.717) is 24.9 Å². The number of hydrogen-bond donors (Lipinski definition) is 0. The summed E-state index contributed by atoms with van der Waals surface area (Å²) in [6, 6.07) is 5.75. The lowest BCUT2D eigenvalue weighted by molar-refractivity contribution is -0.385. The highest BCUT2D eigenvalue weighted by atomic mass is 32.2. The van der Waals surface area contributed by atoms with Gasteiger partial charge in [0.25, 0.3) is 5.69 Å². The Morgan fingerprint density at radius 3 is 2.79 bits per heavy atom. The molecule has 1 atom stereocenters. The summed E-state index contributed by atoms with van der Waals surface area (Å²) in [5.41, 5.74) is 1.37. The van der Waals surface area contributed by atoms with Crippen LogP contribution in [0.2, 0.25) is 0 Å². The van der Waals surface area contributed by atoms with Crippen LogP contribution in [0.4, 0.5) is 5.69 Å². The van der Waals surface area contributed by atoms with Crippen LogP contribution in [0.25, 0.3) is 0 Å². The molecule has 0 N–H and O–H groups in total. The lowest BCUT2D eigenvalue weighted by atomic mass is 10.0. The Kier molecular flexibility index (Phi) is 4.46. The van der Waals surface area contributed by atoms with E-state index in [1.807, 2.05) is 18.4 Å². The quantitative estimate of drug-likeness (QED) is 0.611. The fourth-order valence-corrected chi connectivity index (χ4v) is 6.05. The van der Waals surface area contributed by atoms with Crippen molar-refractivity contribution in [2.24, 2.45) is 0 Å². The van der Waals surface area contributed by atoms with Crippen molar-refractivity contribution in [3.63, 3.8) is 0 Å². The minimum absolute atomic E-state index is 0.0221. The van der Waals surface area contributed by atoms with Gasteiger partial charge in [-0.15, -0.1) is 11.3 Å². The van der Waals surface area contributed by atoms with Crippen LogP contribution in [-0.4, -0.2) is 24.2 Å². The van der Waals surface area contributed by atoms with Gasteiger partial charge in [-0.3, -0.25) is 10.1 Å². The second-order valence-corrected chi connectivity index (χ2v) is 8.66. The number of fused-ring (bicyclic) bond motifs is 1. The maximum absolute atomic E-state index is 13.2. The highest BCUT2D eigenvalue weighted by Gasteiger charge is 2.37. The van der Waals surface area contributed by atoms with Crippen LogP contribution in [0.5, 0.6) is 0 Å². The Morgan fingerprint density at radius 1 is 1.38 bits per heavy atom. The minimum Gasteiger partial charge on any atom is -0.258 e. The number of thiophene rings is 1. The van der Waals surface area contributed by atoms with E-state index in [1.54, 1.807) is 18.3 Å². The number of aryl methyl sites for hydroxylation is 1. The average molecular weight is 366 g/mol. The largest absolute Gasteiger partial charge is 0.270 e. The normalized spacial score (nSPS) is 18.3. The van der Waals surface area contributed by atoms with Crippen molar-refractivity contribution in [3.05, 3.63) is 55.8 Å². The topological polar surface area (TPSA) is 80.5 Å². The number of nitrogens with zero attached hydrogens (tertiary/aromatic N) is 2. The number of sulfonamides is 1. The molecule has 0 bridgehead atoms. The van der Waals surface area contributed by atoms with Gasteiger partial charge in [0.1, 0.15) is 0 Å². The SMILES string of the molecule is CCC1c2ccsc2CCN1S(=O)(=O)c1cc([N+](=O)[O-])ccc1C. The molecule has 0 fully saturated rings. The summed E-state index contributed by atoms with van der Waals surface area (Å²) < 4.78 is 27.9. The molecule has 8 heteroatoms. The van der Waals surface area contributed by atoms with Crippen LogP contribution in [0, 0.1) is 17.0 Å². The van der Waals surface area contributed by atoms with Crippen LogP contribution in [0.3, 0.4) is 0 Å². The first kappa shape index (κ1) is 17.1. The third-order valence-corrected chi connectivity index (χ3v) is 7.45. The Morgan fingerprint density at radius 2 is 2.12 bits per heavy atom. The van der Waals surface area contributed by atoms with Gasteiger partial charge in [-0.2, -0.15) is 4.31 Å². The van der Waals surface area contributed by atoms with Gasteiger partial charge in [0, 0.05) is 23.6 Å². The Bertz CT molecular complexity index is 889. The fraction of sp³-hybridized carbons (Fsp3) is 0.375. The number of nitro benzene ring substituents is 1. The molecule has 0 saturated carbocycles. The van der Waals surface area contributed by atoms with Crippen LogP contribution in [0.15, 0.2) is 34.5 Å². The molecule has 1 aliphatic rings. The first-order valence-corrected chi connectivity index (χ1v) is 10.0. The predicted octanol–water partition coefficient (Wildman–Crippen LogP) is 3.66. The first-order valence-electron chi connectivity index (χ1n) is 7.69. The molecule has 24 heavy (non-hydrogen) atoms. The zero-order valence-electron chi connectivity index (χ0n) is 13.4. The molecule has 1 aromatic heterocycles. The number of hydrogen-bond acceptors (Lipinski definition) is 5. The second kappa shape index (κ2) is 6.27. The van der Waals surface area contributed by atoms with Gasteiger partial charge in [-0.1, -0.05) is 13.0 Å². The van der Waals surface area contributed by atoms with E-state index in [9.17, 15) is 18.5 Å². The van der Waals surface area contributed by atoms with Gasteiger partial charge in [0.05, 0.1) is 15.9 Å². The molecular weight excluding hydrogens is 348 g/mol. The van der Waals surface area contributed by atoms with E-state index in [1.165, 1.54) is 27.4 Å². The molecule has 1 unspecified atom stereocenters. The van der Waals surface area contributed by atoms with E-state index in [2.05, 4.69) is 0 Å². The molecule has 1 aliphatic heterocycles. The molecule has 0 aliphatic carbocycles. The van der Waals surface area contributed by atoms with E-state index in [-0.39, 0.29) is 16.6 Å². The van der Waals surface area contributed by atoms with Crippen molar-refractivity contribution in [1.82, 2.24) is 4.31 Å². The zero-order chi connectivity index (χ0) is 17.5. The molecular formula is C16H18N2O4S2. The molecule has 1 aromatic carbocycles. The molecule has 0 spiro atoms. The predicted molar refractivity (Wildman–Crippen MR) is 92.8 cm³/mol. The van der Waals surface area contributed by atoms with Crippen molar-refractivity contribution >= 4 is 27.0 Å². The fourth-order valence-electron chi connectivity index (χ4n) is 3.19. The Balaban J connectivity index is 2.08. The maximum atomic E-state index is 13.2. The lowest BCUT2D eigenvalue weighted by Crippen LogP contribution is -2.39. The van der Waals surface area contributed by atoms with Crippen molar-refractivity contribution in [3.8, 4) is 0 Å². The van der Waals surface area contributed by atoms with E-state index < -0.39 is 14.9 Å². The molecule has 0 amide bonds. The van der Waals surface area contributed by atoms with E-state index >= 15 is 0 Å². The van der Waals surface area contributed by atoms with Gasteiger partial charge in [0.15, 0.2) is 0 Å². The first-order chi connectivity index (χ1) is 11.4. The van der Waals surface area contributed by atoms with Gasteiger partial charge in [-0.05, 0) is 42.3 Å². The highest BCUT2D eigenvalue weighted by Crippen LogP contribution is 2.39. The number of non-ortho nitro benzene ring substituents is 1. The van der Waals surface area contributed by atoms with Crippen molar-refractivity contribution < 1.29 is 13.3 Å². The highest BCUT2D eigenvalue weighted by molar-refractivity contribution is 7.89. The lowest BCUT2D eigenvalue weighted by Gasteiger charge is -2.34. The monoisotopic (exact) mass is 366 g/mol. The van der Waals surface area contributed by atoms with Gasteiger partial charge < -0.3 is 0 Å². The number of nitro groups is 1. The molecule has 2 heterocycles. The summed E-state index contributed by atoms with van der Waals surface area (Å²) in [5.74, 6) is 0. The van der Waals surface area contributed by atoms with Crippen molar-refractivity contribution in [2.75, 3.05) is 6.54 Å². The van der Waals surface area contributed by atoms with Gasteiger partial charge in [0.2, 0.25) is 10.0 Å². The third kappa shape index (κ3) is 2.74. The van der Waals surface area contributed by atoms with E-state index in [4.69, 9.17) is 0 Å². The summed E-state index contributed by atoms with van der Waals surface area (Å²) in [5, 5.41) is 13.0. The minimum atomic E-state index is -3.80. The molecule has 6 nitrogen and oxygen atoms in total. The summed E-state index contributed by atoms with van der Waals surface area (Å²) in [6.45, 7) is 4.02. The van der Waals surface area contributed by atoms with Crippen LogP contribution < -0.4 is 0 Å². The van der Waals surface area contributed by atoms with Crippen molar-refractivity contribution in [2.45, 2.75) is 37.6 Å². The summed E-state index contributed by atoms with van der Waals surface area (Å²) >= 11 is 1.65. The van der Waals surface area contributed by atoms with Crippen LogP contribution in [0.1, 0.15) is 35.4 Å². The van der Waals surface area contributed by atoms with Gasteiger partial charge >= 0.3 is 0 Å². The molecule has 3 rings (SSSR count). The van der Waals surface area contributed by atoms with Gasteiger partial charge in [-0.25, -0.2) is 8.42 Å². The maximum Gasteiger partial charge on any atom is 0.270 e. The average Bonchev–Trinajstić information content (AvgIpc) is 3.02. The summed E-state index contributed by atoms with van der Waals surface area (Å²) in [6.07, 6.45) is 1.34. The molecule has 0 radical (unpaired) electrons. The summed E-state index contributed by atoms with van der Waals surface area (Å²) in [7, 11) is -3.80. The Hall–Kier alpha value is -1.77. The molecule has 2 aromatic rings. The van der Waals surface area contributed by atoms with Crippen LogP contribution in [-0.2, 0) is 16.4 Å². The number of rotatable bonds is 4. The van der Waals surface area contributed by atoms with E-state index in [0.717, 1.165) is 5.56 Å². The third-order valence-electron chi connectivity index (χ3n) is 4.40. The smallest absolute Gasteiger partial charge is 0.258 e. The molecule has 0 saturated heterocycles. The summed E-state index contributed by atoms with van der Waals surface area (Å²) in [4.78, 5) is 11.7. The standard InChI is InChI=1S/C16H18N2O4S2/c1-3-14-13-7-9-23-15(13)6-8-17(14)24(21,22)16-10-12(18(19)20)5-4-11(16)2/h4-5,7,9-10,14H,3,6,8H2,1-2H3. The van der Waals surface area contributed by atoms with Crippen molar-refractivity contribution in [1.29, 1.82) is 0 Å².